The number of phenolic OH excluding ortho intramolecular Hbond substituents is 1. The lowest BCUT2D eigenvalue weighted by molar-refractivity contribution is -0.152. The van der Waals surface area contributed by atoms with Crippen LogP contribution in [-0.2, 0) is 11.3 Å². The second-order valence-corrected chi connectivity index (χ2v) is 5.88. The lowest BCUT2D eigenvalue weighted by Crippen LogP contribution is -2.44. The Morgan fingerprint density at radius 1 is 1.38 bits per heavy atom. The predicted molar refractivity (Wildman–Crippen MR) is 77.6 cm³/mol. The summed E-state index contributed by atoms with van der Waals surface area (Å²) >= 11 is 0. The van der Waals surface area contributed by atoms with E-state index < -0.39 is 11.4 Å². The summed E-state index contributed by atoms with van der Waals surface area (Å²) in [5.41, 5.74) is -0.0665. The molecule has 1 saturated heterocycles. The molecule has 21 heavy (non-hydrogen) atoms. The van der Waals surface area contributed by atoms with E-state index in [-0.39, 0.29) is 11.6 Å². The van der Waals surface area contributed by atoms with Crippen LogP contribution in [0.5, 0.6) is 5.75 Å². The fourth-order valence-electron chi connectivity index (χ4n) is 3.11. The number of phenols is 1. The number of likely N-dealkylation sites (tertiary alicyclic amines) is 1. The number of rotatable bonds is 5. The van der Waals surface area contributed by atoms with Crippen LogP contribution in [0.15, 0.2) is 18.2 Å². The molecule has 1 heterocycles. The summed E-state index contributed by atoms with van der Waals surface area (Å²) in [6.07, 6.45) is 2.76. The SMILES string of the molecule is CCCC1(C(=O)O)CCN(Cc2cc(F)ccc2O)CC1. The number of aromatic hydroxyl groups is 1. The standard InChI is InChI=1S/C16H22FNO3/c1-2-5-16(15(20)21)6-8-18(9-7-16)11-12-10-13(17)3-4-14(12)19/h3-4,10,19H,2,5-9,11H2,1H3,(H,20,21). The molecule has 0 atom stereocenters. The molecule has 0 aliphatic carbocycles. The molecule has 0 amide bonds. The number of hydrogen-bond acceptors (Lipinski definition) is 3. The largest absolute Gasteiger partial charge is 0.508 e. The topological polar surface area (TPSA) is 60.8 Å². The van der Waals surface area contributed by atoms with Crippen molar-refractivity contribution in [1.82, 2.24) is 4.90 Å². The Morgan fingerprint density at radius 3 is 2.62 bits per heavy atom. The Bertz CT molecular complexity index is 510. The zero-order valence-corrected chi connectivity index (χ0v) is 12.3. The Kier molecular flexibility index (Phi) is 4.83. The van der Waals surface area contributed by atoms with Crippen molar-refractivity contribution in [2.24, 2.45) is 5.41 Å². The molecular weight excluding hydrogens is 273 g/mol. The van der Waals surface area contributed by atoms with Crippen LogP contribution in [0.3, 0.4) is 0 Å². The first-order valence-electron chi connectivity index (χ1n) is 7.40. The molecule has 1 aromatic rings. The zero-order chi connectivity index (χ0) is 15.5. The van der Waals surface area contributed by atoms with Crippen molar-refractivity contribution in [3.63, 3.8) is 0 Å². The average molecular weight is 295 g/mol. The van der Waals surface area contributed by atoms with Gasteiger partial charge in [-0.1, -0.05) is 13.3 Å². The van der Waals surface area contributed by atoms with Crippen LogP contribution in [0.2, 0.25) is 0 Å². The summed E-state index contributed by atoms with van der Waals surface area (Å²) in [4.78, 5) is 13.6. The van der Waals surface area contributed by atoms with Crippen LogP contribution in [0.4, 0.5) is 4.39 Å². The first-order valence-corrected chi connectivity index (χ1v) is 7.40. The van der Waals surface area contributed by atoms with E-state index in [1.54, 1.807) is 0 Å². The maximum absolute atomic E-state index is 13.2. The van der Waals surface area contributed by atoms with Crippen LogP contribution in [-0.4, -0.2) is 34.2 Å². The van der Waals surface area contributed by atoms with E-state index in [0.29, 0.717) is 44.5 Å². The van der Waals surface area contributed by atoms with Gasteiger partial charge in [0, 0.05) is 12.1 Å². The molecule has 1 aliphatic rings. The monoisotopic (exact) mass is 295 g/mol. The van der Waals surface area contributed by atoms with E-state index in [1.165, 1.54) is 18.2 Å². The predicted octanol–water partition coefficient (Wildman–Crippen LogP) is 3.00. The summed E-state index contributed by atoms with van der Waals surface area (Å²) in [6, 6.07) is 3.92. The lowest BCUT2D eigenvalue weighted by Gasteiger charge is -2.38. The molecule has 0 saturated carbocycles. The number of carbonyl (C=O) groups is 1. The molecule has 0 spiro atoms. The molecule has 0 bridgehead atoms. The molecule has 1 aromatic carbocycles. The summed E-state index contributed by atoms with van der Waals surface area (Å²) in [7, 11) is 0. The lowest BCUT2D eigenvalue weighted by atomic mass is 9.75. The number of hydrogen-bond donors (Lipinski definition) is 2. The molecule has 2 rings (SSSR count). The minimum Gasteiger partial charge on any atom is -0.508 e. The number of aliphatic carboxylic acids is 1. The number of benzene rings is 1. The summed E-state index contributed by atoms with van der Waals surface area (Å²) < 4.78 is 13.2. The second-order valence-electron chi connectivity index (χ2n) is 5.88. The van der Waals surface area contributed by atoms with E-state index in [1.807, 2.05) is 6.92 Å². The minimum atomic E-state index is -0.711. The third-order valence-corrected chi connectivity index (χ3v) is 4.43. The molecule has 1 aliphatic heterocycles. The highest BCUT2D eigenvalue weighted by Gasteiger charge is 2.40. The van der Waals surface area contributed by atoms with E-state index in [4.69, 9.17) is 0 Å². The second kappa shape index (κ2) is 6.43. The van der Waals surface area contributed by atoms with Gasteiger partial charge in [0.05, 0.1) is 5.41 Å². The van der Waals surface area contributed by atoms with Gasteiger partial charge in [-0.15, -0.1) is 0 Å². The van der Waals surface area contributed by atoms with Gasteiger partial charge in [0.2, 0.25) is 0 Å². The first kappa shape index (κ1) is 15.8. The molecule has 4 nitrogen and oxygen atoms in total. The molecular formula is C16H22FNO3. The molecule has 0 aromatic heterocycles. The van der Waals surface area contributed by atoms with E-state index in [9.17, 15) is 19.4 Å². The number of carboxylic acid groups (broad SMARTS) is 1. The van der Waals surface area contributed by atoms with Gasteiger partial charge in [0.1, 0.15) is 11.6 Å². The molecule has 5 heteroatoms. The Hall–Kier alpha value is -1.62. The van der Waals surface area contributed by atoms with Crippen LogP contribution >= 0.6 is 0 Å². The third-order valence-electron chi connectivity index (χ3n) is 4.43. The van der Waals surface area contributed by atoms with Gasteiger partial charge >= 0.3 is 5.97 Å². The highest BCUT2D eigenvalue weighted by Crippen LogP contribution is 2.37. The quantitative estimate of drug-likeness (QED) is 0.876. The van der Waals surface area contributed by atoms with Crippen molar-refractivity contribution in [2.75, 3.05) is 13.1 Å². The maximum atomic E-state index is 13.2. The molecule has 1 fully saturated rings. The van der Waals surface area contributed by atoms with Gasteiger partial charge in [0.25, 0.3) is 0 Å². The van der Waals surface area contributed by atoms with Crippen molar-refractivity contribution in [2.45, 2.75) is 39.2 Å². The van der Waals surface area contributed by atoms with E-state index in [2.05, 4.69) is 4.90 Å². The van der Waals surface area contributed by atoms with Gasteiger partial charge in [-0.25, -0.2) is 4.39 Å². The molecule has 2 N–H and O–H groups in total. The van der Waals surface area contributed by atoms with Crippen LogP contribution in [0.25, 0.3) is 0 Å². The number of halogens is 1. The molecule has 0 radical (unpaired) electrons. The maximum Gasteiger partial charge on any atom is 0.309 e. The smallest absolute Gasteiger partial charge is 0.309 e. The fourth-order valence-corrected chi connectivity index (χ4v) is 3.11. The Morgan fingerprint density at radius 2 is 2.05 bits per heavy atom. The number of carboxylic acids is 1. The Labute approximate surface area is 124 Å². The molecule has 0 unspecified atom stereocenters. The molecule has 116 valence electrons. The van der Waals surface area contributed by atoms with Crippen LogP contribution in [0.1, 0.15) is 38.2 Å². The normalized spacial score (nSPS) is 18.6. The van der Waals surface area contributed by atoms with E-state index in [0.717, 1.165) is 6.42 Å². The van der Waals surface area contributed by atoms with Crippen LogP contribution in [0, 0.1) is 11.2 Å². The highest BCUT2D eigenvalue weighted by atomic mass is 19.1. The van der Waals surface area contributed by atoms with Crippen molar-refractivity contribution in [3.8, 4) is 5.75 Å². The van der Waals surface area contributed by atoms with Crippen LogP contribution < -0.4 is 0 Å². The first-order chi connectivity index (χ1) is 9.97. The number of piperidine rings is 1. The average Bonchev–Trinajstić information content (AvgIpc) is 2.45. The van der Waals surface area contributed by atoms with Gasteiger partial charge in [-0.2, -0.15) is 0 Å². The van der Waals surface area contributed by atoms with Gasteiger partial charge in [-0.3, -0.25) is 9.69 Å². The minimum absolute atomic E-state index is 0.0834. The summed E-state index contributed by atoms with van der Waals surface area (Å²) in [5, 5.41) is 19.2. The third kappa shape index (κ3) is 3.53. The van der Waals surface area contributed by atoms with Gasteiger partial charge < -0.3 is 10.2 Å². The van der Waals surface area contributed by atoms with Gasteiger partial charge in [-0.05, 0) is 50.6 Å². The van der Waals surface area contributed by atoms with Crippen molar-refractivity contribution in [1.29, 1.82) is 0 Å². The fraction of sp³-hybridized carbons (Fsp3) is 0.562. The Balaban J connectivity index is 2.00. The highest BCUT2D eigenvalue weighted by molar-refractivity contribution is 5.74. The van der Waals surface area contributed by atoms with Crippen molar-refractivity contribution < 1.29 is 19.4 Å². The zero-order valence-electron chi connectivity index (χ0n) is 12.3. The van der Waals surface area contributed by atoms with Crippen molar-refractivity contribution in [3.05, 3.63) is 29.6 Å². The summed E-state index contributed by atoms with van der Waals surface area (Å²) in [5.74, 6) is -0.997. The van der Waals surface area contributed by atoms with E-state index >= 15 is 0 Å². The van der Waals surface area contributed by atoms with Crippen molar-refractivity contribution >= 4 is 5.97 Å². The van der Waals surface area contributed by atoms with Gasteiger partial charge in [0.15, 0.2) is 0 Å². The summed E-state index contributed by atoms with van der Waals surface area (Å²) in [6.45, 7) is 3.76. The number of nitrogens with zero attached hydrogens (tertiary/aromatic N) is 1.